The first kappa shape index (κ1) is 19.6. The molecule has 3 aromatic rings. The fourth-order valence-electron chi connectivity index (χ4n) is 3.80. The topological polar surface area (TPSA) is 79.7 Å². The van der Waals surface area contributed by atoms with Gasteiger partial charge < -0.3 is 9.84 Å². The van der Waals surface area contributed by atoms with Crippen molar-refractivity contribution in [3.05, 3.63) is 83.6 Å². The van der Waals surface area contributed by atoms with Gasteiger partial charge in [0.2, 0.25) is 0 Å². The molecule has 6 nitrogen and oxygen atoms in total. The summed E-state index contributed by atoms with van der Waals surface area (Å²) in [5.41, 5.74) is 5.49. The van der Waals surface area contributed by atoms with Crippen LogP contribution in [0.3, 0.4) is 0 Å². The summed E-state index contributed by atoms with van der Waals surface area (Å²) in [6.45, 7) is 2.05. The van der Waals surface area contributed by atoms with Crippen molar-refractivity contribution in [2.24, 2.45) is 0 Å². The van der Waals surface area contributed by atoms with Crippen LogP contribution in [0.2, 0.25) is 0 Å². The van der Waals surface area contributed by atoms with Gasteiger partial charge in [0.1, 0.15) is 12.4 Å². The van der Waals surface area contributed by atoms with Crippen molar-refractivity contribution in [1.29, 1.82) is 0 Å². The number of carboxylic acid groups (broad SMARTS) is 1. The molecule has 0 saturated carbocycles. The summed E-state index contributed by atoms with van der Waals surface area (Å²) < 4.78 is 5.67. The minimum Gasteiger partial charge on any atom is -0.481 e. The predicted molar refractivity (Wildman–Crippen MR) is 114 cm³/mol. The van der Waals surface area contributed by atoms with Crippen LogP contribution in [0.25, 0.3) is 11.1 Å². The van der Waals surface area contributed by atoms with E-state index in [1.807, 2.05) is 37.3 Å². The zero-order valence-electron chi connectivity index (χ0n) is 16.6. The maximum absolute atomic E-state index is 12.9. The number of aliphatic carboxylic acids is 1. The minimum absolute atomic E-state index is 0.0118. The maximum Gasteiger partial charge on any atom is 0.415 e. The van der Waals surface area contributed by atoms with Crippen molar-refractivity contribution in [3.63, 3.8) is 0 Å². The van der Waals surface area contributed by atoms with Crippen LogP contribution >= 0.6 is 0 Å². The molecule has 6 heteroatoms. The first-order chi connectivity index (χ1) is 14.5. The Labute approximate surface area is 174 Å². The number of carbonyl (C=O) groups is 2. The number of hydrogen-bond donors (Lipinski definition) is 1. The Kier molecular flexibility index (Phi) is 5.48. The Bertz CT molecular complexity index is 1030. The fraction of sp³-hybridized carbons (Fsp3) is 0.208. The summed E-state index contributed by atoms with van der Waals surface area (Å²) in [4.78, 5) is 29.5. The van der Waals surface area contributed by atoms with Crippen LogP contribution in [-0.2, 0) is 9.53 Å². The average molecular weight is 402 g/mol. The second-order valence-corrected chi connectivity index (χ2v) is 7.29. The molecular formula is C24H22N2O4. The van der Waals surface area contributed by atoms with Crippen LogP contribution in [0.1, 0.15) is 29.0 Å². The molecule has 4 rings (SSSR count). The molecule has 0 saturated heterocycles. The summed E-state index contributed by atoms with van der Waals surface area (Å²) in [7, 11) is 0. The minimum atomic E-state index is -0.987. The van der Waals surface area contributed by atoms with E-state index in [0.29, 0.717) is 5.82 Å². The molecule has 152 valence electrons. The number of carboxylic acids is 1. The SMILES string of the molecule is Cc1ccc(N(CCC(=O)O)C(=O)OCC2c3ccccc3-c3ccccc32)nc1. The number of ether oxygens (including phenoxy) is 1. The third-order valence-electron chi connectivity index (χ3n) is 5.28. The van der Waals surface area contributed by atoms with E-state index in [4.69, 9.17) is 9.84 Å². The van der Waals surface area contributed by atoms with Gasteiger partial charge in [-0.1, -0.05) is 54.6 Å². The first-order valence-electron chi connectivity index (χ1n) is 9.81. The van der Waals surface area contributed by atoms with Crippen molar-refractivity contribution >= 4 is 17.9 Å². The number of aromatic nitrogens is 1. The largest absolute Gasteiger partial charge is 0.481 e. The number of carbonyl (C=O) groups excluding carboxylic acids is 1. The Morgan fingerprint density at radius 2 is 1.63 bits per heavy atom. The van der Waals surface area contributed by atoms with Crippen LogP contribution in [0.5, 0.6) is 0 Å². The van der Waals surface area contributed by atoms with Crippen molar-refractivity contribution in [3.8, 4) is 11.1 Å². The van der Waals surface area contributed by atoms with Crippen LogP contribution in [0.15, 0.2) is 66.9 Å². The molecule has 0 bridgehead atoms. The number of rotatable bonds is 6. The van der Waals surface area contributed by atoms with E-state index in [0.717, 1.165) is 27.8 Å². The number of fused-ring (bicyclic) bond motifs is 3. The van der Waals surface area contributed by atoms with E-state index in [-0.39, 0.29) is 25.5 Å². The molecule has 1 amide bonds. The zero-order valence-corrected chi connectivity index (χ0v) is 16.6. The number of aryl methyl sites for hydroxylation is 1. The number of hydrogen-bond acceptors (Lipinski definition) is 4. The number of anilines is 1. The van der Waals surface area contributed by atoms with Gasteiger partial charge in [0.25, 0.3) is 0 Å². The second kappa shape index (κ2) is 8.37. The third-order valence-corrected chi connectivity index (χ3v) is 5.28. The molecule has 1 N–H and O–H groups in total. The third kappa shape index (κ3) is 3.89. The number of amides is 1. The highest BCUT2D eigenvalue weighted by atomic mass is 16.6. The Hall–Kier alpha value is -3.67. The van der Waals surface area contributed by atoms with E-state index < -0.39 is 12.1 Å². The van der Waals surface area contributed by atoms with E-state index in [1.165, 1.54) is 4.90 Å². The van der Waals surface area contributed by atoms with Crippen molar-refractivity contribution in [2.75, 3.05) is 18.1 Å². The molecule has 0 atom stereocenters. The van der Waals surface area contributed by atoms with E-state index in [1.54, 1.807) is 12.3 Å². The smallest absolute Gasteiger partial charge is 0.415 e. The summed E-state index contributed by atoms with van der Waals surface area (Å²) in [5.74, 6) is -0.675. The van der Waals surface area contributed by atoms with Crippen LogP contribution in [0, 0.1) is 6.92 Å². The Morgan fingerprint density at radius 3 is 2.20 bits per heavy atom. The van der Waals surface area contributed by atoms with Crippen LogP contribution in [0.4, 0.5) is 10.6 Å². The molecule has 1 heterocycles. The lowest BCUT2D eigenvalue weighted by atomic mass is 9.98. The van der Waals surface area contributed by atoms with Crippen molar-refractivity contribution < 1.29 is 19.4 Å². The highest BCUT2D eigenvalue weighted by Crippen LogP contribution is 2.44. The number of benzene rings is 2. The molecule has 0 aliphatic heterocycles. The van der Waals surface area contributed by atoms with Gasteiger partial charge in [-0.15, -0.1) is 0 Å². The lowest BCUT2D eigenvalue weighted by Gasteiger charge is -2.22. The molecule has 0 fully saturated rings. The highest BCUT2D eigenvalue weighted by molar-refractivity contribution is 5.87. The fourth-order valence-corrected chi connectivity index (χ4v) is 3.80. The average Bonchev–Trinajstić information content (AvgIpc) is 3.07. The zero-order chi connectivity index (χ0) is 21.1. The standard InChI is InChI=1S/C24H22N2O4/c1-16-10-11-22(25-14-16)26(13-12-23(27)28)24(29)30-15-21-19-8-4-2-6-17(19)18-7-3-5-9-20(18)21/h2-11,14,21H,12-13,15H2,1H3,(H,27,28). The molecule has 30 heavy (non-hydrogen) atoms. The van der Waals surface area contributed by atoms with E-state index >= 15 is 0 Å². The predicted octanol–water partition coefficient (Wildman–Crippen LogP) is 4.62. The van der Waals surface area contributed by atoms with E-state index in [2.05, 4.69) is 29.2 Å². The van der Waals surface area contributed by atoms with Gasteiger partial charge in [0, 0.05) is 18.7 Å². The Morgan fingerprint density at radius 1 is 1.00 bits per heavy atom. The molecule has 1 aliphatic rings. The molecule has 1 aliphatic carbocycles. The summed E-state index contributed by atoms with van der Waals surface area (Å²) >= 11 is 0. The Balaban J connectivity index is 1.54. The van der Waals surface area contributed by atoms with Gasteiger partial charge in [-0.25, -0.2) is 9.78 Å². The summed E-state index contributed by atoms with van der Waals surface area (Å²) in [6.07, 6.45) is 0.842. The highest BCUT2D eigenvalue weighted by Gasteiger charge is 2.30. The van der Waals surface area contributed by atoms with Crippen molar-refractivity contribution in [2.45, 2.75) is 19.3 Å². The summed E-state index contributed by atoms with van der Waals surface area (Å²) in [6, 6.07) is 19.7. The first-order valence-corrected chi connectivity index (χ1v) is 9.81. The lowest BCUT2D eigenvalue weighted by molar-refractivity contribution is -0.136. The van der Waals surface area contributed by atoms with Crippen LogP contribution in [-0.4, -0.2) is 35.3 Å². The van der Waals surface area contributed by atoms with Gasteiger partial charge in [0.05, 0.1) is 6.42 Å². The van der Waals surface area contributed by atoms with Gasteiger partial charge in [0.15, 0.2) is 0 Å². The summed E-state index contributed by atoms with van der Waals surface area (Å²) in [5, 5.41) is 9.06. The molecular weight excluding hydrogens is 380 g/mol. The maximum atomic E-state index is 12.9. The van der Waals surface area contributed by atoms with Crippen LogP contribution < -0.4 is 4.90 Å². The number of pyridine rings is 1. The van der Waals surface area contributed by atoms with Gasteiger partial charge in [-0.3, -0.25) is 9.69 Å². The van der Waals surface area contributed by atoms with E-state index in [9.17, 15) is 9.59 Å². The normalized spacial score (nSPS) is 12.2. The van der Waals surface area contributed by atoms with Gasteiger partial charge in [-0.05, 0) is 40.8 Å². The second-order valence-electron chi connectivity index (χ2n) is 7.29. The molecule has 1 aromatic heterocycles. The van der Waals surface area contributed by atoms with Crippen molar-refractivity contribution in [1.82, 2.24) is 4.98 Å². The molecule has 0 radical (unpaired) electrons. The van der Waals surface area contributed by atoms with Gasteiger partial charge in [-0.2, -0.15) is 0 Å². The molecule has 0 unspecified atom stereocenters. The monoisotopic (exact) mass is 402 g/mol. The molecule has 0 spiro atoms. The molecule has 2 aromatic carbocycles. The number of nitrogens with zero attached hydrogens (tertiary/aromatic N) is 2. The quantitative estimate of drug-likeness (QED) is 0.651. The van der Waals surface area contributed by atoms with Gasteiger partial charge >= 0.3 is 12.1 Å². The lowest BCUT2D eigenvalue weighted by Crippen LogP contribution is -2.35.